The monoisotopic (exact) mass is 332 g/mol. The van der Waals surface area contributed by atoms with Crippen molar-refractivity contribution in [3.63, 3.8) is 0 Å². The first kappa shape index (κ1) is 14.7. The molecule has 2 aromatic rings. The largest absolute Gasteiger partial charge is 0.381 e. The molecule has 0 saturated carbocycles. The third kappa shape index (κ3) is 2.42. The van der Waals surface area contributed by atoms with Crippen LogP contribution in [0.3, 0.4) is 0 Å². The third-order valence-corrected chi connectivity index (χ3v) is 4.88. The molecule has 6 nitrogen and oxygen atoms in total. The van der Waals surface area contributed by atoms with Gasteiger partial charge in [0.25, 0.3) is 5.56 Å². The summed E-state index contributed by atoms with van der Waals surface area (Å²) in [6, 6.07) is 1.72. The van der Waals surface area contributed by atoms with Crippen molar-refractivity contribution < 1.29 is 4.74 Å². The summed E-state index contributed by atoms with van der Waals surface area (Å²) in [5.41, 5.74) is -0.236. The van der Waals surface area contributed by atoms with Gasteiger partial charge in [-0.25, -0.2) is 4.99 Å². The predicted octanol–water partition coefficient (Wildman–Crippen LogP) is 0.653. The standard InChI is InChI=1S/C16H17ClN4O2/c1-10-8-12-13(9-18-15(10)17)20-5-2-14(22)19-16(20)21(12)11-3-6-23-7-4-11/h2,5,8-11H,3-4,6-7H2,1H3. The van der Waals surface area contributed by atoms with E-state index < -0.39 is 0 Å². The van der Waals surface area contributed by atoms with Crippen LogP contribution in [0.4, 0.5) is 0 Å². The molecule has 0 bridgehead atoms. The summed E-state index contributed by atoms with van der Waals surface area (Å²) >= 11 is 6.22. The maximum atomic E-state index is 11.8. The van der Waals surface area contributed by atoms with Crippen molar-refractivity contribution in [3.8, 4) is 0 Å². The lowest BCUT2D eigenvalue weighted by atomic mass is 10.1. The maximum Gasteiger partial charge on any atom is 0.274 e. The van der Waals surface area contributed by atoms with Gasteiger partial charge in [-0.2, -0.15) is 4.98 Å². The number of aromatic nitrogens is 3. The number of halogens is 1. The van der Waals surface area contributed by atoms with Gasteiger partial charge < -0.3 is 9.30 Å². The van der Waals surface area contributed by atoms with Crippen molar-refractivity contribution in [1.29, 1.82) is 0 Å². The molecule has 120 valence electrons. The Bertz CT molecular complexity index is 966. The summed E-state index contributed by atoms with van der Waals surface area (Å²) in [6.45, 7) is 3.45. The van der Waals surface area contributed by atoms with Crippen LogP contribution < -0.4 is 16.3 Å². The van der Waals surface area contributed by atoms with Crippen molar-refractivity contribution >= 4 is 34.8 Å². The molecule has 4 rings (SSSR count). The molecule has 2 aliphatic rings. The van der Waals surface area contributed by atoms with Crippen molar-refractivity contribution in [3.05, 3.63) is 33.3 Å². The Labute approximate surface area is 137 Å². The molecule has 23 heavy (non-hydrogen) atoms. The van der Waals surface area contributed by atoms with Crippen LogP contribution in [0.25, 0.3) is 18.1 Å². The molecule has 0 spiro atoms. The van der Waals surface area contributed by atoms with E-state index in [1.54, 1.807) is 12.4 Å². The average molecular weight is 333 g/mol. The van der Waals surface area contributed by atoms with E-state index in [9.17, 15) is 4.79 Å². The molecule has 1 saturated heterocycles. The lowest BCUT2D eigenvalue weighted by Gasteiger charge is -2.24. The summed E-state index contributed by atoms with van der Waals surface area (Å²) < 4.78 is 9.54. The van der Waals surface area contributed by atoms with E-state index in [2.05, 4.69) is 20.6 Å². The third-order valence-electron chi connectivity index (χ3n) is 4.44. The van der Waals surface area contributed by atoms with E-state index in [1.165, 1.54) is 6.07 Å². The van der Waals surface area contributed by atoms with E-state index in [0.29, 0.717) is 10.9 Å². The van der Waals surface area contributed by atoms with Gasteiger partial charge in [0.1, 0.15) is 5.17 Å². The molecule has 4 heterocycles. The van der Waals surface area contributed by atoms with Crippen LogP contribution in [0.5, 0.6) is 0 Å². The second-order valence-corrected chi connectivity index (χ2v) is 6.34. The van der Waals surface area contributed by atoms with Gasteiger partial charge in [-0.05, 0) is 18.9 Å². The summed E-state index contributed by atoms with van der Waals surface area (Å²) in [5, 5.41) is 2.48. The highest BCUT2D eigenvalue weighted by molar-refractivity contribution is 6.66. The molecule has 7 heteroatoms. The Morgan fingerprint density at radius 1 is 1.30 bits per heavy atom. The average Bonchev–Trinajstić information content (AvgIpc) is 2.77. The Morgan fingerprint density at radius 3 is 2.87 bits per heavy atom. The molecular formula is C16H17ClN4O2. The Kier molecular flexibility index (Phi) is 3.58. The fourth-order valence-electron chi connectivity index (χ4n) is 3.25. The summed E-state index contributed by atoms with van der Waals surface area (Å²) in [6.07, 6.45) is 7.41. The minimum atomic E-state index is -0.236. The minimum absolute atomic E-state index is 0.0180. The van der Waals surface area contributed by atoms with Gasteiger partial charge in [0.2, 0.25) is 5.78 Å². The summed E-state index contributed by atoms with van der Waals surface area (Å²) in [5.74, 6) is 0.673. The lowest BCUT2D eigenvalue weighted by molar-refractivity contribution is 0.0698. The second kappa shape index (κ2) is 5.62. The first-order valence-corrected chi connectivity index (χ1v) is 8.15. The van der Waals surface area contributed by atoms with Gasteiger partial charge >= 0.3 is 0 Å². The molecule has 1 unspecified atom stereocenters. The lowest BCUT2D eigenvalue weighted by Crippen LogP contribution is -2.35. The van der Waals surface area contributed by atoms with E-state index in [1.807, 2.05) is 11.3 Å². The molecular weight excluding hydrogens is 316 g/mol. The zero-order valence-electron chi connectivity index (χ0n) is 12.8. The highest BCUT2D eigenvalue weighted by atomic mass is 35.5. The Balaban J connectivity index is 2.10. The first-order valence-electron chi connectivity index (χ1n) is 7.78. The van der Waals surface area contributed by atoms with Gasteiger partial charge in [0.05, 0.1) is 16.9 Å². The Hall–Kier alpha value is -1.92. The van der Waals surface area contributed by atoms with Crippen LogP contribution in [-0.2, 0) is 4.74 Å². The van der Waals surface area contributed by atoms with Crippen LogP contribution in [0, 0.1) is 5.92 Å². The van der Waals surface area contributed by atoms with Crippen molar-refractivity contribution in [1.82, 2.24) is 14.0 Å². The SMILES string of the molecule is CC1C=c2c(n3ccc(=O)nc3n2C2CCOCC2)=CN=C1Cl. The van der Waals surface area contributed by atoms with Gasteiger partial charge in [0, 0.05) is 37.4 Å². The zero-order valence-corrected chi connectivity index (χ0v) is 13.5. The highest BCUT2D eigenvalue weighted by Crippen LogP contribution is 2.20. The molecule has 1 fully saturated rings. The first-order chi connectivity index (χ1) is 11.1. The number of hydrogen-bond acceptors (Lipinski definition) is 4. The van der Waals surface area contributed by atoms with Crippen LogP contribution in [-0.4, -0.2) is 32.3 Å². The fourth-order valence-corrected chi connectivity index (χ4v) is 3.36. The van der Waals surface area contributed by atoms with Crippen molar-refractivity contribution in [2.45, 2.75) is 25.8 Å². The highest BCUT2D eigenvalue weighted by Gasteiger charge is 2.22. The molecule has 0 aromatic carbocycles. The zero-order chi connectivity index (χ0) is 16.0. The number of aliphatic imine (C=N–C) groups is 1. The number of imidazole rings is 1. The number of hydrogen-bond donors (Lipinski definition) is 0. The predicted molar refractivity (Wildman–Crippen MR) is 89.2 cm³/mol. The van der Waals surface area contributed by atoms with E-state index in [4.69, 9.17) is 16.3 Å². The van der Waals surface area contributed by atoms with Gasteiger partial charge in [-0.15, -0.1) is 0 Å². The van der Waals surface area contributed by atoms with Crippen LogP contribution in [0.15, 0.2) is 22.1 Å². The molecule has 0 aliphatic carbocycles. The quantitative estimate of drug-likeness (QED) is 0.770. The van der Waals surface area contributed by atoms with E-state index >= 15 is 0 Å². The number of rotatable bonds is 1. The molecule has 1 atom stereocenters. The Morgan fingerprint density at radius 2 is 2.09 bits per heavy atom. The number of ether oxygens (including phenoxy) is 1. The van der Waals surface area contributed by atoms with Crippen LogP contribution in [0.1, 0.15) is 25.8 Å². The maximum absolute atomic E-state index is 11.8. The van der Waals surface area contributed by atoms with E-state index in [0.717, 1.165) is 36.8 Å². The van der Waals surface area contributed by atoms with Gasteiger partial charge in [-0.3, -0.25) is 9.20 Å². The summed E-state index contributed by atoms with van der Waals surface area (Å²) in [4.78, 5) is 20.4. The minimum Gasteiger partial charge on any atom is -0.381 e. The van der Waals surface area contributed by atoms with Crippen LogP contribution in [0.2, 0.25) is 0 Å². The second-order valence-electron chi connectivity index (χ2n) is 5.96. The smallest absolute Gasteiger partial charge is 0.274 e. The van der Waals surface area contributed by atoms with Crippen LogP contribution >= 0.6 is 11.6 Å². The molecule has 2 aromatic heterocycles. The fraction of sp³-hybridized carbons (Fsp3) is 0.438. The molecule has 0 amide bonds. The molecule has 2 aliphatic heterocycles. The van der Waals surface area contributed by atoms with Gasteiger partial charge in [-0.1, -0.05) is 18.5 Å². The van der Waals surface area contributed by atoms with Gasteiger partial charge in [0.15, 0.2) is 0 Å². The topological polar surface area (TPSA) is 60.9 Å². The number of nitrogens with zero attached hydrogens (tertiary/aromatic N) is 4. The van der Waals surface area contributed by atoms with E-state index in [-0.39, 0.29) is 17.5 Å². The normalized spacial score (nSPS) is 22.0. The van der Waals surface area contributed by atoms with Crippen molar-refractivity contribution in [2.75, 3.05) is 13.2 Å². The van der Waals surface area contributed by atoms with Crippen molar-refractivity contribution in [2.24, 2.45) is 10.9 Å². The number of fused-ring (bicyclic) bond motifs is 3. The molecule has 0 N–H and O–H groups in total. The summed E-state index contributed by atoms with van der Waals surface area (Å²) in [7, 11) is 0. The molecule has 0 radical (unpaired) electrons.